The van der Waals surface area contributed by atoms with E-state index in [1.165, 1.54) is 4.88 Å². The highest BCUT2D eigenvalue weighted by Gasteiger charge is 2.36. The van der Waals surface area contributed by atoms with Crippen LogP contribution in [0.25, 0.3) is 11.0 Å². The van der Waals surface area contributed by atoms with Crippen LogP contribution in [0.2, 0.25) is 0 Å². The average Bonchev–Trinajstić information content (AvgIpc) is 3.49. The Hall–Kier alpha value is -2.64. The van der Waals surface area contributed by atoms with Crippen molar-refractivity contribution in [2.75, 3.05) is 32.7 Å². The number of rotatable bonds is 9. The molecule has 0 amide bonds. The van der Waals surface area contributed by atoms with Gasteiger partial charge in [0.25, 0.3) is 0 Å². The van der Waals surface area contributed by atoms with E-state index in [1.807, 2.05) is 12.1 Å². The molecule has 1 aromatic carbocycles. The molecular weight excluding hydrogens is 428 g/mol. The van der Waals surface area contributed by atoms with Crippen molar-refractivity contribution in [2.45, 2.75) is 45.1 Å². The smallest absolute Gasteiger partial charge is 0.134 e. The van der Waals surface area contributed by atoms with Gasteiger partial charge in [-0.05, 0) is 61.0 Å². The normalized spacial score (nSPS) is 17.1. The summed E-state index contributed by atoms with van der Waals surface area (Å²) in [4.78, 5) is 6.20. The lowest BCUT2D eigenvalue weighted by Gasteiger charge is -2.34. The van der Waals surface area contributed by atoms with E-state index in [0.29, 0.717) is 11.5 Å². The van der Waals surface area contributed by atoms with Gasteiger partial charge in [0.15, 0.2) is 0 Å². The second kappa shape index (κ2) is 10.5. The fraction of sp³-hybridized carbons (Fsp3) is 0.481. The molecule has 0 spiro atoms. The fourth-order valence-corrected chi connectivity index (χ4v) is 5.90. The van der Waals surface area contributed by atoms with E-state index in [0.717, 1.165) is 75.3 Å². The van der Waals surface area contributed by atoms with E-state index in [4.69, 9.17) is 9.68 Å². The van der Waals surface area contributed by atoms with Gasteiger partial charge in [0.05, 0.1) is 29.7 Å². The summed E-state index contributed by atoms with van der Waals surface area (Å²) in [6.07, 6.45) is 3.14. The quantitative estimate of drug-likeness (QED) is 0.379. The van der Waals surface area contributed by atoms with E-state index in [9.17, 15) is 5.26 Å². The summed E-state index contributed by atoms with van der Waals surface area (Å²) in [6.45, 7) is 10.4. The Kier molecular flexibility index (Phi) is 7.50. The van der Waals surface area contributed by atoms with Crippen LogP contribution in [0.15, 0.2) is 46.2 Å². The van der Waals surface area contributed by atoms with Crippen molar-refractivity contribution in [1.29, 1.82) is 10.5 Å². The van der Waals surface area contributed by atoms with Gasteiger partial charge < -0.3 is 9.32 Å². The van der Waals surface area contributed by atoms with E-state index in [-0.39, 0.29) is 5.41 Å². The maximum atomic E-state index is 10.0. The molecule has 1 unspecified atom stereocenters. The highest BCUT2D eigenvalue weighted by Crippen LogP contribution is 2.39. The molecule has 172 valence electrons. The zero-order valence-corrected chi connectivity index (χ0v) is 20.4. The van der Waals surface area contributed by atoms with E-state index in [1.54, 1.807) is 17.4 Å². The highest BCUT2D eigenvalue weighted by atomic mass is 32.1. The van der Waals surface area contributed by atoms with E-state index >= 15 is 0 Å². The minimum absolute atomic E-state index is 0.314. The number of fused-ring (bicyclic) bond motifs is 1. The van der Waals surface area contributed by atoms with Crippen LogP contribution in [0.5, 0.6) is 0 Å². The second-order valence-electron chi connectivity index (χ2n) is 9.37. The number of benzene rings is 1. The molecule has 1 fully saturated rings. The number of hydrogen-bond acceptors (Lipinski definition) is 6. The summed E-state index contributed by atoms with van der Waals surface area (Å²) in [5.41, 5.74) is 1.16. The zero-order chi connectivity index (χ0) is 23.3. The number of hydrogen-bond donors (Lipinski definition) is 0. The maximum absolute atomic E-state index is 10.0. The number of thiophene rings is 1. The molecule has 1 atom stereocenters. The van der Waals surface area contributed by atoms with Gasteiger partial charge in [-0.15, -0.1) is 11.3 Å². The first kappa shape index (κ1) is 23.5. The van der Waals surface area contributed by atoms with Crippen LogP contribution in [0.3, 0.4) is 0 Å². The Bertz CT molecular complexity index is 1130. The molecule has 3 aromatic rings. The Balaban J connectivity index is 1.22. The Labute approximate surface area is 200 Å². The minimum Gasteiger partial charge on any atom is -0.460 e. The summed E-state index contributed by atoms with van der Waals surface area (Å²) >= 11 is 1.71. The predicted molar refractivity (Wildman–Crippen MR) is 133 cm³/mol. The molecule has 1 aliphatic heterocycles. The van der Waals surface area contributed by atoms with Gasteiger partial charge in [0.1, 0.15) is 11.3 Å². The van der Waals surface area contributed by atoms with Crippen LogP contribution in [-0.4, -0.2) is 42.5 Å². The second-order valence-corrected chi connectivity index (χ2v) is 10.3. The third kappa shape index (κ3) is 5.31. The van der Waals surface area contributed by atoms with Crippen molar-refractivity contribution in [3.63, 3.8) is 0 Å². The standard InChI is InChI=1S/C27H32N4OS/c1-21(2)27(20-29,26-6-5-15-33-26)9-3-4-10-30-11-13-31(14-12-30)19-24-17-23-16-22(18-28)7-8-25(23)32-24/h5-8,15-17,21H,3-4,9-14,19H2,1-2H3. The Morgan fingerprint density at radius 2 is 1.85 bits per heavy atom. The van der Waals surface area contributed by atoms with Crippen molar-refractivity contribution >= 4 is 22.3 Å². The molecule has 5 nitrogen and oxygen atoms in total. The van der Waals surface area contributed by atoms with Gasteiger partial charge >= 0.3 is 0 Å². The van der Waals surface area contributed by atoms with Crippen molar-refractivity contribution in [2.24, 2.45) is 5.92 Å². The zero-order valence-electron chi connectivity index (χ0n) is 19.6. The largest absolute Gasteiger partial charge is 0.460 e. The molecule has 0 saturated carbocycles. The number of nitriles is 2. The van der Waals surface area contributed by atoms with Crippen molar-refractivity contribution in [3.8, 4) is 12.1 Å². The molecule has 33 heavy (non-hydrogen) atoms. The SMILES string of the molecule is CC(C)C(C#N)(CCCCN1CCN(Cc2cc3cc(C#N)ccc3o2)CC1)c1cccs1. The van der Waals surface area contributed by atoms with Gasteiger partial charge in [0, 0.05) is 36.4 Å². The van der Waals surface area contributed by atoms with Crippen LogP contribution in [0, 0.1) is 28.6 Å². The molecule has 1 saturated heterocycles. The van der Waals surface area contributed by atoms with Gasteiger partial charge in [-0.25, -0.2) is 0 Å². The average molecular weight is 461 g/mol. The summed E-state index contributed by atoms with van der Waals surface area (Å²) in [6, 6.07) is 16.7. The first-order valence-electron chi connectivity index (χ1n) is 11.9. The third-order valence-electron chi connectivity index (χ3n) is 6.98. The monoisotopic (exact) mass is 460 g/mol. The van der Waals surface area contributed by atoms with E-state index < -0.39 is 0 Å². The molecule has 3 heterocycles. The molecule has 0 radical (unpaired) electrons. The first-order chi connectivity index (χ1) is 16.0. The lowest BCUT2D eigenvalue weighted by Crippen LogP contribution is -2.46. The fourth-order valence-electron chi connectivity index (χ4n) is 4.85. The molecule has 0 N–H and O–H groups in total. The third-order valence-corrected chi connectivity index (χ3v) is 8.03. The molecule has 2 aromatic heterocycles. The topological polar surface area (TPSA) is 67.2 Å². The van der Waals surface area contributed by atoms with Crippen LogP contribution < -0.4 is 0 Å². The first-order valence-corrected chi connectivity index (χ1v) is 12.7. The molecular formula is C27H32N4OS. The predicted octanol–water partition coefficient (Wildman–Crippen LogP) is 5.77. The number of furan rings is 1. The molecule has 4 rings (SSSR count). The Morgan fingerprint density at radius 3 is 2.52 bits per heavy atom. The lowest BCUT2D eigenvalue weighted by atomic mass is 9.73. The van der Waals surface area contributed by atoms with Gasteiger partial charge in [-0.3, -0.25) is 4.90 Å². The highest BCUT2D eigenvalue weighted by molar-refractivity contribution is 7.10. The lowest BCUT2D eigenvalue weighted by molar-refractivity contribution is 0.119. The van der Waals surface area contributed by atoms with E-state index in [2.05, 4.69) is 59.4 Å². The molecule has 6 heteroatoms. The number of unbranched alkanes of at least 4 members (excludes halogenated alkanes) is 1. The van der Waals surface area contributed by atoms with Crippen LogP contribution in [0.1, 0.15) is 49.3 Å². The van der Waals surface area contributed by atoms with Crippen molar-refractivity contribution < 1.29 is 4.42 Å². The summed E-state index contributed by atoms with van der Waals surface area (Å²) in [5.74, 6) is 1.28. The van der Waals surface area contributed by atoms with Crippen molar-refractivity contribution in [3.05, 3.63) is 58.0 Å². The molecule has 0 bridgehead atoms. The molecule has 1 aliphatic rings. The Morgan fingerprint density at radius 1 is 1.06 bits per heavy atom. The van der Waals surface area contributed by atoms with Crippen LogP contribution >= 0.6 is 11.3 Å². The van der Waals surface area contributed by atoms with Crippen LogP contribution in [-0.2, 0) is 12.0 Å². The van der Waals surface area contributed by atoms with Gasteiger partial charge in [-0.1, -0.05) is 26.3 Å². The molecule has 0 aliphatic carbocycles. The van der Waals surface area contributed by atoms with Crippen molar-refractivity contribution in [1.82, 2.24) is 9.80 Å². The van der Waals surface area contributed by atoms with Gasteiger partial charge in [0.2, 0.25) is 0 Å². The summed E-state index contributed by atoms with van der Waals surface area (Å²) in [5, 5.41) is 22.2. The minimum atomic E-state index is -0.354. The number of piperazine rings is 1. The number of nitrogens with zero attached hydrogens (tertiary/aromatic N) is 4. The summed E-state index contributed by atoms with van der Waals surface area (Å²) in [7, 11) is 0. The van der Waals surface area contributed by atoms with Crippen LogP contribution in [0.4, 0.5) is 0 Å². The summed E-state index contributed by atoms with van der Waals surface area (Å²) < 4.78 is 5.98. The van der Waals surface area contributed by atoms with Gasteiger partial charge in [-0.2, -0.15) is 10.5 Å². The maximum Gasteiger partial charge on any atom is 0.134 e.